The fourth-order valence-electron chi connectivity index (χ4n) is 4.24. The highest BCUT2D eigenvalue weighted by molar-refractivity contribution is 7.86. The Morgan fingerprint density at radius 1 is 1.43 bits per heavy atom. The van der Waals surface area contributed by atoms with Gasteiger partial charge in [0, 0.05) is 5.92 Å². The van der Waals surface area contributed by atoms with Crippen molar-refractivity contribution in [3.63, 3.8) is 0 Å². The lowest BCUT2D eigenvalue weighted by molar-refractivity contribution is -0.169. The van der Waals surface area contributed by atoms with Gasteiger partial charge >= 0.3 is 27.3 Å². The topological polar surface area (TPSA) is 107 Å². The van der Waals surface area contributed by atoms with Gasteiger partial charge in [-0.1, -0.05) is 6.92 Å². The Hall–Kier alpha value is -1.29. The third-order valence-corrected chi connectivity index (χ3v) is 6.40. The number of ether oxygens (including phenoxy) is 2. The molecular weight excluding hydrogens is 338 g/mol. The predicted molar refractivity (Wildman–Crippen MR) is 69.7 cm³/mol. The highest BCUT2D eigenvalue weighted by atomic mass is 32.2. The minimum atomic E-state index is -5.72. The Bertz CT molecular complexity index is 661. The molecule has 130 valence electrons. The van der Waals surface area contributed by atoms with E-state index in [9.17, 15) is 26.8 Å². The predicted octanol–water partition coefficient (Wildman–Crippen LogP) is 0.842. The van der Waals surface area contributed by atoms with Gasteiger partial charge in [0.2, 0.25) is 0 Å². The van der Waals surface area contributed by atoms with E-state index in [4.69, 9.17) is 9.29 Å². The lowest BCUT2D eigenvalue weighted by Gasteiger charge is -2.29. The summed E-state index contributed by atoms with van der Waals surface area (Å²) in [6.45, 7) is 2.50. The number of halogens is 2. The van der Waals surface area contributed by atoms with Crippen LogP contribution in [-0.4, -0.2) is 42.4 Å². The summed E-state index contributed by atoms with van der Waals surface area (Å²) < 4.78 is 66.7. The number of alkyl halides is 2. The molecule has 0 radical (unpaired) electrons. The van der Waals surface area contributed by atoms with E-state index in [-0.39, 0.29) is 23.9 Å². The van der Waals surface area contributed by atoms with Crippen molar-refractivity contribution >= 4 is 22.1 Å². The quantitative estimate of drug-likeness (QED) is 0.589. The summed E-state index contributed by atoms with van der Waals surface area (Å²) in [5, 5.41) is -4.62. The Morgan fingerprint density at radius 3 is 2.61 bits per heavy atom. The monoisotopic (exact) mass is 354 g/mol. The molecule has 0 aromatic rings. The van der Waals surface area contributed by atoms with E-state index < -0.39 is 45.3 Å². The fourth-order valence-corrected chi connectivity index (χ4v) is 4.70. The number of fused-ring (bicyclic) bond motifs is 1. The summed E-state index contributed by atoms with van der Waals surface area (Å²) in [6, 6.07) is 0. The van der Waals surface area contributed by atoms with Gasteiger partial charge in [-0.3, -0.25) is 14.1 Å². The van der Waals surface area contributed by atoms with E-state index in [0.29, 0.717) is 13.3 Å². The van der Waals surface area contributed by atoms with E-state index in [1.54, 1.807) is 0 Å². The summed E-state index contributed by atoms with van der Waals surface area (Å²) in [5.41, 5.74) is 0. The molecule has 0 aromatic heterocycles. The van der Waals surface area contributed by atoms with Gasteiger partial charge in [0.25, 0.3) is 0 Å². The van der Waals surface area contributed by atoms with Crippen LogP contribution in [0.25, 0.3) is 0 Å². The summed E-state index contributed by atoms with van der Waals surface area (Å²) in [6.07, 6.45) is -2.05. The molecule has 2 saturated carbocycles. The van der Waals surface area contributed by atoms with Crippen LogP contribution in [0, 0.1) is 29.6 Å². The summed E-state index contributed by atoms with van der Waals surface area (Å²) in [4.78, 5) is 24.1. The van der Waals surface area contributed by atoms with Crippen LogP contribution in [0.3, 0.4) is 0 Å². The van der Waals surface area contributed by atoms with Crippen LogP contribution in [0.5, 0.6) is 0 Å². The number of carbonyl (C=O) groups excluding carboxylic acids is 2. The minimum Gasteiger partial charge on any atom is -0.462 e. The van der Waals surface area contributed by atoms with Gasteiger partial charge in [-0.25, -0.2) is 0 Å². The molecule has 10 heteroatoms. The zero-order valence-electron chi connectivity index (χ0n) is 12.3. The highest BCUT2D eigenvalue weighted by Crippen LogP contribution is 2.60. The number of carbonyl (C=O) groups is 2. The molecule has 2 bridgehead atoms. The summed E-state index contributed by atoms with van der Waals surface area (Å²) in [5.74, 6) is -3.66. The van der Waals surface area contributed by atoms with Gasteiger partial charge in [0.15, 0.2) is 6.10 Å². The zero-order chi connectivity index (χ0) is 17.3. The Balaban J connectivity index is 1.78. The van der Waals surface area contributed by atoms with E-state index in [1.165, 1.54) is 0 Å². The molecule has 0 amide bonds. The molecule has 3 aliphatic rings. The van der Waals surface area contributed by atoms with Crippen LogP contribution in [-0.2, 0) is 29.2 Å². The van der Waals surface area contributed by atoms with E-state index in [1.807, 2.05) is 6.92 Å². The molecule has 1 N–H and O–H groups in total. The molecule has 1 heterocycles. The SMILES string of the molecule is CC1C2CC3C1OC(=O)C3C2C(=O)OC(C)C(F)(F)S(=O)(=O)O. The van der Waals surface area contributed by atoms with Crippen molar-refractivity contribution in [1.29, 1.82) is 0 Å². The molecular formula is C13H16F2O7S. The molecule has 7 nitrogen and oxygen atoms in total. The smallest absolute Gasteiger partial charge is 0.405 e. The number of esters is 2. The van der Waals surface area contributed by atoms with Gasteiger partial charge in [0.1, 0.15) is 6.10 Å². The minimum absolute atomic E-state index is 0.0855. The second-order valence-electron chi connectivity index (χ2n) is 6.49. The van der Waals surface area contributed by atoms with Crippen molar-refractivity contribution in [3.8, 4) is 0 Å². The van der Waals surface area contributed by atoms with Gasteiger partial charge < -0.3 is 9.47 Å². The normalized spacial score (nSPS) is 40.1. The maximum absolute atomic E-state index is 13.5. The van der Waals surface area contributed by atoms with Crippen LogP contribution in [0.15, 0.2) is 0 Å². The first-order valence-corrected chi connectivity index (χ1v) is 8.66. The maximum atomic E-state index is 13.5. The number of hydrogen-bond donors (Lipinski definition) is 1. The molecule has 1 saturated heterocycles. The highest BCUT2D eigenvalue weighted by Gasteiger charge is 2.68. The van der Waals surface area contributed by atoms with Gasteiger partial charge in [-0.05, 0) is 25.2 Å². The van der Waals surface area contributed by atoms with Crippen LogP contribution in [0.2, 0.25) is 0 Å². The average molecular weight is 354 g/mol. The molecule has 3 rings (SSSR count). The number of hydrogen-bond acceptors (Lipinski definition) is 6. The van der Waals surface area contributed by atoms with E-state index in [2.05, 4.69) is 4.74 Å². The first kappa shape index (κ1) is 16.6. The first-order valence-electron chi connectivity index (χ1n) is 7.22. The van der Waals surface area contributed by atoms with Crippen LogP contribution in [0.1, 0.15) is 20.3 Å². The molecule has 3 fully saturated rings. The largest absolute Gasteiger partial charge is 0.462 e. The summed E-state index contributed by atoms with van der Waals surface area (Å²) in [7, 11) is -5.72. The fraction of sp³-hybridized carbons (Fsp3) is 0.846. The zero-order valence-corrected chi connectivity index (χ0v) is 13.1. The van der Waals surface area contributed by atoms with E-state index >= 15 is 0 Å². The third-order valence-electron chi connectivity index (χ3n) is 5.38. The molecule has 7 unspecified atom stereocenters. The lowest BCUT2D eigenvalue weighted by Crippen LogP contribution is -2.45. The number of rotatable bonds is 4. The Labute approximate surface area is 131 Å². The van der Waals surface area contributed by atoms with Crippen molar-refractivity contribution in [3.05, 3.63) is 0 Å². The van der Waals surface area contributed by atoms with Crippen molar-refractivity contribution in [2.75, 3.05) is 0 Å². The van der Waals surface area contributed by atoms with Gasteiger partial charge in [-0.15, -0.1) is 0 Å². The van der Waals surface area contributed by atoms with Crippen LogP contribution in [0.4, 0.5) is 8.78 Å². The van der Waals surface area contributed by atoms with Crippen molar-refractivity contribution in [1.82, 2.24) is 0 Å². The van der Waals surface area contributed by atoms with Crippen molar-refractivity contribution in [2.45, 2.75) is 37.7 Å². The maximum Gasteiger partial charge on any atom is 0.405 e. The van der Waals surface area contributed by atoms with E-state index in [0.717, 1.165) is 0 Å². The Kier molecular flexibility index (Phi) is 3.50. The van der Waals surface area contributed by atoms with Gasteiger partial charge in [0.05, 0.1) is 11.8 Å². The lowest BCUT2D eigenvalue weighted by atomic mass is 9.75. The second-order valence-corrected chi connectivity index (χ2v) is 7.99. The molecule has 1 aliphatic heterocycles. The molecule has 0 aromatic carbocycles. The van der Waals surface area contributed by atoms with Crippen molar-refractivity contribution < 1.29 is 40.8 Å². The average Bonchev–Trinajstić information content (AvgIpc) is 3.01. The van der Waals surface area contributed by atoms with Crippen molar-refractivity contribution in [2.24, 2.45) is 29.6 Å². The van der Waals surface area contributed by atoms with Crippen LogP contribution < -0.4 is 0 Å². The Morgan fingerprint density at radius 2 is 2.04 bits per heavy atom. The van der Waals surface area contributed by atoms with Crippen LogP contribution >= 0.6 is 0 Å². The second kappa shape index (κ2) is 4.85. The first-order chi connectivity index (χ1) is 10.5. The molecule has 23 heavy (non-hydrogen) atoms. The molecule has 7 atom stereocenters. The molecule has 2 aliphatic carbocycles. The standard InChI is InChI=1S/C13H16F2O7S/c1-4-6-3-7-9(12(17)22-10(4)7)8(6)11(16)21-5(2)13(14,15)23(18,19)20/h4-10H,3H2,1-2H3,(H,18,19,20). The third kappa shape index (κ3) is 2.18. The molecule has 0 spiro atoms. The summed E-state index contributed by atoms with van der Waals surface area (Å²) >= 11 is 0. The van der Waals surface area contributed by atoms with Gasteiger partial charge in [-0.2, -0.15) is 17.2 Å².